The zero-order valence-corrected chi connectivity index (χ0v) is 12.2. The summed E-state index contributed by atoms with van der Waals surface area (Å²) < 4.78 is 4.90. The third kappa shape index (κ3) is 5.43. The number of esters is 1. The summed E-state index contributed by atoms with van der Waals surface area (Å²) in [6, 6.07) is 6.43. The predicted octanol–water partition coefficient (Wildman–Crippen LogP) is 3.43. The van der Waals surface area contributed by atoms with Crippen LogP contribution >= 0.6 is 0 Å². The molecule has 106 valence electrons. The second-order valence-electron chi connectivity index (χ2n) is 5.02. The third-order valence-electron chi connectivity index (χ3n) is 3.29. The Hall–Kier alpha value is -1.35. The second-order valence-corrected chi connectivity index (χ2v) is 5.02. The zero-order valence-electron chi connectivity index (χ0n) is 12.2. The smallest absolute Gasteiger partial charge is 0.305 e. The molecule has 1 unspecified atom stereocenters. The fourth-order valence-corrected chi connectivity index (χ4v) is 2.18. The number of hydrogen-bond acceptors (Lipinski definition) is 3. The number of unbranched alkanes of at least 4 members (excludes halogenated alkanes) is 1. The maximum atomic E-state index is 11.2. The molecule has 0 saturated heterocycles. The van der Waals surface area contributed by atoms with Crippen molar-refractivity contribution in [1.82, 2.24) is 0 Å². The first-order valence-electron chi connectivity index (χ1n) is 7.03. The molecule has 0 fully saturated rings. The molecule has 1 aromatic carbocycles. The SMILES string of the molecule is CCOC(=O)CCCCC(N)c1cc(C)ccc1C. The number of benzene rings is 1. The Kier molecular flexibility index (Phi) is 6.57. The first-order valence-corrected chi connectivity index (χ1v) is 7.03. The summed E-state index contributed by atoms with van der Waals surface area (Å²) in [7, 11) is 0. The second kappa shape index (κ2) is 7.95. The zero-order chi connectivity index (χ0) is 14.3. The van der Waals surface area contributed by atoms with Gasteiger partial charge < -0.3 is 10.5 Å². The minimum Gasteiger partial charge on any atom is -0.466 e. The minimum absolute atomic E-state index is 0.0575. The first-order chi connectivity index (χ1) is 9.04. The van der Waals surface area contributed by atoms with E-state index in [1.54, 1.807) is 0 Å². The average molecular weight is 263 g/mol. The van der Waals surface area contributed by atoms with Gasteiger partial charge in [-0.1, -0.05) is 30.2 Å². The summed E-state index contributed by atoms with van der Waals surface area (Å²) >= 11 is 0. The summed E-state index contributed by atoms with van der Waals surface area (Å²) in [5.41, 5.74) is 9.92. The molecule has 0 heterocycles. The van der Waals surface area contributed by atoms with Crippen molar-refractivity contribution in [2.24, 2.45) is 5.73 Å². The standard InChI is InChI=1S/C16H25NO2/c1-4-19-16(18)8-6-5-7-15(17)14-11-12(2)9-10-13(14)3/h9-11,15H,4-8,17H2,1-3H3. The number of carbonyl (C=O) groups excluding carboxylic acids is 1. The molecule has 1 aromatic rings. The quantitative estimate of drug-likeness (QED) is 0.605. The molecular formula is C16H25NO2. The highest BCUT2D eigenvalue weighted by Crippen LogP contribution is 2.22. The molecule has 3 nitrogen and oxygen atoms in total. The van der Waals surface area contributed by atoms with Crippen molar-refractivity contribution in [2.45, 2.75) is 52.5 Å². The molecule has 0 aliphatic rings. The van der Waals surface area contributed by atoms with E-state index >= 15 is 0 Å². The molecule has 0 amide bonds. The monoisotopic (exact) mass is 263 g/mol. The van der Waals surface area contributed by atoms with Crippen LogP contribution in [-0.4, -0.2) is 12.6 Å². The molecule has 0 aliphatic carbocycles. The van der Waals surface area contributed by atoms with Gasteiger partial charge in [-0.05, 0) is 44.7 Å². The summed E-state index contributed by atoms with van der Waals surface area (Å²) in [6.45, 7) is 6.46. The Morgan fingerprint density at radius 3 is 2.74 bits per heavy atom. The van der Waals surface area contributed by atoms with Crippen molar-refractivity contribution in [3.05, 3.63) is 34.9 Å². The van der Waals surface area contributed by atoms with Crippen molar-refractivity contribution >= 4 is 5.97 Å². The first kappa shape index (κ1) is 15.7. The Morgan fingerprint density at radius 2 is 2.05 bits per heavy atom. The van der Waals surface area contributed by atoms with E-state index in [4.69, 9.17) is 10.5 Å². The molecule has 0 aromatic heterocycles. The van der Waals surface area contributed by atoms with Gasteiger partial charge in [0.05, 0.1) is 6.61 Å². The molecule has 1 atom stereocenters. The van der Waals surface area contributed by atoms with Gasteiger partial charge in [0.1, 0.15) is 0 Å². The summed E-state index contributed by atoms with van der Waals surface area (Å²) in [6.07, 6.45) is 3.20. The van der Waals surface area contributed by atoms with Crippen LogP contribution in [0.25, 0.3) is 0 Å². The molecule has 0 spiro atoms. The summed E-state index contributed by atoms with van der Waals surface area (Å²) in [5.74, 6) is -0.109. The van der Waals surface area contributed by atoms with Crippen LogP contribution in [0.2, 0.25) is 0 Å². The Morgan fingerprint density at radius 1 is 1.32 bits per heavy atom. The molecule has 0 radical (unpaired) electrons. The number of ether oxygens (including phenoxy) is 1. The van der Waals surface area contributed by atoms with E-state index in [0.29, 0.717) is 13.0 Å². The van der Waals surface area contributed by atoms with Crippen LogP contribution < -0.4 is 5.73 Å². The fourth-order valence-electron chi connectivity index (χ4n) is 2.18. The molecule has 3 heteroatoms. The van der Waals surface area contributed by atoms with Crippen molar-refractivity contribution in [3.63, 3.8) is 0 Å². The van der Waals surface area contributed by atoms with Gasteiger partial charge in [0.25, 0.3) is 0 Å². The molecular weight excluding hydrogens is 238 g/mol. The molecule has 0 saturated carbocycles. The fraction of sp³-hybridized carbons (Fsp3) is 0.562. The van der Waals surface area contributed by atoms with Gasteiger partial charge in [-0.3, -0.25) is 4.79 Å². The normalized spacial score (nSPS) is 12.2. The molecule has 19 heavy (non-hydrogen) atoms. The highest BCUT2D eigenvalue weighted by atomic mass is 16.5. The lowest BCUT2D eigenvalue weighted by Crippen LogP contribution is -2.12. The number of nitrogens with two attached hydrogens (primary N) is 1. The number of rotatable bonds is 7. The highest BCUT2D eigenvalue weighted by Gasteiger charge is 2.09. The number of aryl methyl sites for hydroxylation is 2. The lowest BCUT2D eigenvalue weighted by atomic mass is 9.95. The number of carbonyl (C=O) groups is 1. The molecule has 1 rings (SSSR count). The van der Waals surface area contributed by atoms with Crippen LogP contribution in [-0.2, 0) is 9.53 Å². The van der Waals surface area contributed by atoms with E-state index in [0.717, 1.165) is 19.3 Å². The highest BCUT2D eigenvalue weighted by molar-refractivity contribution is 5.69. The molecule has 0 aliphatic heterocycles. The van der Waals surface area contributed by atoms with Gasteiger partial charge in [0, 0.05) is 12.5 Å². The Labute approximate surface area is 116 Å². The van der Waals surface area contributed by atoms with Gasteiger partial charge in [-0.2, -0.15) is 0 Å². The van der Waals surface area contributed by atoms with E-state index in [9.17, 15) is 4.79 Å². The summed E-state index contributed by atoms with van der Waals surface area (Å²) in [4.78, 5) is 11.2. The van der Waals surface area contributed by atoms with Gasteiger partial charge in [0.2, 0.25) is 0 Å². The maximum Gasteiger partial charge on any atom is 0.305 e. The Bertz CT molecular complexity index is 415. The van der Waals surface area contributed by atoms with E-state index in [1.165, 1.54) is 16.7 Å². The molecule has 0 bridgehead atoms. The van der Waals surface area contributed by atoms with E-state index < -0.39 is 0 Å². The van der Waals surface area contributed by atoms with Crippen molar-refractivity contribution < 1.29 is 9.53 Å². The van der Waals surface area contributed by atoms with E-state index in [2.05, 4.69) is 32.0 Å². The van der Waals surface area contributed by atoms with Gasteiger partial charge in [0.15, 0.2) is 0 Å². The van der Waals surface area contributed by atoms with Gasteiger partial charge >= 0.3 is 5.97 Å². The van der Waals surface area contributed by atoms with Crippen LogP contribution in [0.5, 0.6) is 0 Å². The van der Waals surface area contributed by atoms with Crippen molar-refractivity contribution in [2.75, 3.05) is 6.61 Å². The van der Waals surface area contributed by atoms with Crippen molar-refractivity contribution in [1.29, 1.82) is 0 Å². The van der Waals surface area contributed by atoms with Crippen LogP contribution in [0.4, 0.5) is 0 Å². The number of hydrogen-bond donors (Lipinski definition) is 1. The largest absolute Gasteiger partial charge is 0.466 e. The third-order valence-corrected chi connectivity index (χ3v) is 3.29. The van der Waals surface area contributed by atoms with E-state index in [1.807, 2.05) is 6.92 Å². The van der Waals surface area contributed by atoms with Crippen LogP contribution in [0, 0.1) is 13.8 Å². The van der Waals surface area contributed by atoms with Crippen LogP contribution in [0.15, 0.2) is 18.2 Å². The van der Waals surface area contributed by atoms with Gasteiger partial charge in [-0.15, -0.1) is 0 Å². The maximum absolute atomic E-state index is 11.2. The predicted molar refractivity (Wildman–Crippen MR) is 77.9 cm³/mol. The van der Waals surface area contributed by atoms with Crippen molar-refractivity contribution in [3.8, 4) is 0 Å². The van der Waals surface area contributed by atoms with Crippen LogP contribution in [0.3, 0.4) is 0 Å². The van der Waals surface area contributed by atoms with Crippen LogP contribution in [0.1, 0.15) is 55.3 Å². The lowest BCUT2D eigenvalue weighted by Gasteiger charge is -2.15. The lowest BCUT2D eigenvalue weighted by molar-refractivity contribution is -0.143. The molecule has 2 N–H and O–H groups in total. The topological polar surface area (TPSA) is 52.3 Å². The minimum atomic E-state index is -0.109. The Balaban J connectivity index is 2.37. The van der Waals surface area contributed by atoms with E-state index in [-0.39, 0.29) is 12.0 Å². The van der Waals surface area contributed by atoms with Gasteiger partial charge in [-0.25, -0.2) is 0 Å². The average Bonchev–Trinajstić information content (AvgIpc) is 2.37. The summed E-state index contributed by atoms with van der Waals surface area (Å²) in [5, 5.41) is 0.